The number of sulfonamides is 1. The summed E-state index contributed by atoms with van der Waals surface area (Å²) in [6.07, 6.45) is 0.473. The molecular formula is C28H28N2O7S. The first kappa shape index (κ1) is 25.6. The molecule has 0 saturated carbocycles. The van der Waals surface area contributed by atoms with Crippen LogP contribution in [0, 0.1) is 0 Å². The molecule has 198 valence electrons. The fourth-order valence-electron chi connectivity index (χ4n) is 4.40. The van der Waals surface area contributed by atoms with E-state index < -0.39 is 10.0 Å². The van der Waals surface area contributed by atoms with E-state index in [0.29, 0.717) is 59.1 Å². The molecule has 9 nitrogen and oxygen atoms in total. The van der Waals surface area contributed by atoms with E-state index in [1.165, 1.54) is 30.7 Å². The lowest BCUT2D eigenvalue weighted by Gasteiger charge is -2.24. The number of H-pyrrole nitrogens is 1. The Bertz CT molecular complexity index is 1620. The lowest BCUT2D eigenvalue weighted by Crippen LogP contribution is -2.34. The largest absolute Gasteiger partial charge is 0.493 e. The van der Waals surface area contributed by atoms with Crippen LogP contribution in [0.1, 0.15) is 11.1 Å². The van der Waals surface area contributed by atoms with Gasteiger partial charge in [-0.2, -0.15) is 4.31 Å². The molecular weight excluding hydrogens is 508 g/mol. The number of ether oxygens (including phenoxy) is 4. The van der Waals surface area contributed by atoms with Crippen LogP contribution in [-0.4, -0.2) is 51.7 Å². The molecule has 0 fully saturated rings. The van der Waals surface area contributed by atoms with Gasteiger partial charge in [-0.05, 0) is 36.2 Å². The number of hydrogen-bond donors (Lipinski definition) is 1. The number of nitrogens with one attached hydrogen (secondary N) is 1. The van der Waals surface area contributed by atoms with Crippen molar-refractivity contribution in [3.63, 3.8) is 0 Å². The molecule has 0 spiro atoms. The minimum absolute atomic E-state index is 0.0680. The van der Waals surface area contributed by atoms with Crippen molar-refractivity contribution in [3.05, 3.63) is 88.2 Å². The van der Waals surface area contributed by atoms with Crippen molar-refractivity contribution in [2.45, 2.75) is 17.9 Å². The molecule has 1 N–H and O–H groups in total. The van der Waals surface area contributed by atoms with E-state index in [1.54, 1.807) is 24.3 Å². The quantitative estimate of drug-likeness (QED) is 0.347. The molecule has 10 heteroatoms. The average Bonchev–Trinajstić information content (AvgIpc) is 2.94. The molecule has 0 bridgehead atoms. The van der Waals surface area contributed by atoms with Crippen LogP contribution in [0.4, 0.5) is 0 Å². The van der Waals surface area contributed by atoms with E-state index in [0.717, 1.165) is 5.56 Å². The summed E-state index contributed by atoms with van der Waals surface area (Å²) >= 11 is 0. The fraction of sp³-hybridized carbons (Fsp3) is 0.250. The topological polar surface area (TPSA) is 107 Å². The van der Waals surface area contributed by atoms with Gasteiger partial charge < -0.3 is 23.9 Å². The standard InChI is InChI=1S/C28H28N2O7S/c1-34-25-15-20-14-21(28(31)29-23(20)17-26(25)35-2)18-30(11-10-19-6-4-3-5-7-19)38(32,33)22-8-9-24-27(16-22)37-13-12-36-24/h3-9,14-17H,10-13,18H2,1-2H3,(H,29,31). The molecule has 0 saturated heterocycles. The number of benzene rings is 3. The van der Waals surface area contributed by atoms with E-state index in [-0.39, 0.29) is 23.5 Å². The summed E-state index contributed by atoms with van der Waals surface area (Å²) in [4.78, 5) is 16.0. The molecule has 1 aromatic heterocycles. The Morgan fingerprint density at radius 3 is 2.34 bits per heavy atom. The monoisotopic (exact) mass is 536 g/mol. The van der Waals surface area contributed by atoms with Crippen molar-refractivity contribution in [1.82, 2.24) is 9.29 Å². The summed E-state index contributed by atoms with van der Waals surface area (Å²) in [6, 6.07) is 19.3. The molecule has 4 aromatic rings. The van der Waals surface area contributed by atoms with Crippen LogP contribution in [0.2, 0.25) is 0 Å². The maximum absolute atomic E-state index is 13.9. The third-order valence-electron chi connectivity index (χ3n) is 6.42. The molecule has 1 aliphatic heterocycles. The van der Waals surface area contributed by atoms with Crippen molar-refractivity contribution in [1.29, 1.82) is 0 Å². The highest BCUT2D eigenvalue weighted by Gasteiger charge is 2.27. The number of rotatable bonds is 9. The summed E-state index contributed by atoms with van der Waals surface area (Å²) in [5.41, 5.74) is 1.46. The van der Waals surface area contributed by atoms with E-state index >= 15 is 0 Å². The predicted molar refractivity (Wildman–Crippen MR) is 143 cm³/mol. The average molecular weight is 537 g/mol. The number of fused-ring (bicyclic) bond motifs is 2. The third-order valence-corrected chi connectivity index (χ3v) is 8.26. The number of aromatic nitrogens is 1. The van der Waals surface area contributed by atoms with Crippen molar-refractivity contribution in [2.75, 3.05) is 34.0 Å². The highest BCUT2D eigenvalue weighted by atomic mass is 32.2. The molecule has 0 radical (unpaired) electrons. The number of methoxy groups -OCH3 is 2. The molecule has 0 aliphatic carbocycles. The smallest absolute Gasteiger partial charge is 0.252 e. The molecule has 2 heterocycles. The predicted octanol–water partition coefficient (Wildman–Crippen LogP) is 3.75. The van der Waals surface area contributed by atoms with E-state index in [4.69, 9.17) is 18.9 Å². The first-order valence-corrected chi connectivity index (χ1v) is 13.5. The lowest BCUT2D eigenvalue weighted by molar-refractivity contribution is 0.171. The zero-order valence-electron chi connectivity index (χ0n) is 21.1. The summed E-state index contributed by atoms with van der Waals surface area (Å²) < 4.78 is 51.0. The first-order valence-electron chi connectivity index (χ1n) is 12.1. The fourth-order valence-corrected chi connectivity index (χ4v) is 5.84. The van der Waals surface area contributed by atoms with Crippen molar-refractivity contribution in [3.8, 4) is 23.0 Å². The van der Waals surface area contributed by atoms with Gasteiger partial charge in [-0.15, -0.1) is 0 Å². The number of hydrogen-bond acceptors (Lipinski definition) is 7. The maximum atomic E-state index is 13.9. The Morgan fingerprint density at radius 1 is 0.895 bits per heavy atom. The second kappa shape index (κ2) is 10.8. The number of aromatic amines is 1. The van der Waals surface area contributed by atoms with Gasteiger partial charge in [0.15, 0.2) is 23.0 Å². The summed E-state index contributed by atoms with van der Waals surface area (Å²) in [5, 5.41) is 0.692. The second-order valence-electron chi connectivity index (χ2n) is 8.80. The van der Waals surface area contributed by atoms with Gasteiger partial charge in [0.25, 0.3) is 5.56 Å². The van der Waals surface area contributed by atoms with Crippen LogP contribution in [0.15, 0.2) is 76.4 Å². The van der Waals surface area contributed by atoms with Crippen molar-refractivity contribution in [2.24, 2.45) is 0 Å². The molecule has 0 amide bonds. The molecule has 5 rings (SSSR count). The summed E-state index contributed by atoms with van der Waals surface area (Å²) in [6.45, 7) is 0.798. The van der Waals surface area contributed by atoms with Gasteiger partial charge in [-0.3, -0.25) is 4.79 Å². The Morgan fingerprint density at radius 2 is 1.61 bits per heavy atom. The van der Waals surface area contributed by atoms with Crippen LogP contribution in [0.5, 0.6) is 23.0 Å². The zero-order chi connectivity index (χ0) is 26.7. The molecule has 0 atom stereocenters. The van der Waals surface area contributed by atoms with Gasteiger partial charge in [0.05, 0.1) is 24.6 Å². The Kier molecular flexibility index (Phi) is 7.26. The van der Waals surface area contributed by atoms with E-state index in [2.05, 4.69) is 4.98 Å². The van der Waals surface area contributed by atoms with Crippen LogP contribution in [0.3, 0.4) is 0 Å². The summed E-state index contributed by atoms with van der Waals surface area (Å²) in [7, 11) is -0.949. The number of nitrogens with zero attached hydrogens (tertiary/aromatic N) is 1. The third kappa shape index (κ3) is 5.18. The maximum Gasteiger partial charge on any atom is 0.252 e. The van der Waals surface area contributed by atoms with Gasteiger partial charge in [0.1, 0.15) is 13.2 Å². The lowest BCUT2D eigenvalue weighted by atomic mass is 10.1. The highest BCUT2D eigenvalue weighted by Crippen LogP contribution is 2.34. The van der Waals surface area contributed by atoms with Crippen LogP contribution in [0.25, 0.3) is 10.9 Å². The van der Waals surface area contributed by atoms with Crippen LogP contribution < -0.4 is 24.5 Å². The van der Waals surface area contributed by atoms with Gasteiger partial charge in [0, 0.05) is 36.2 Å². The van der Waals surface area contributed by atoms with Crippen molar-refractivity contribution >= 4 is 20.9 Å². The minimum atomic E-state index is -4.00. The number of pyridine rings is 1. The van der Waals surface area contributed by atoms with E-state index in [9.17, 15) is 13.2 Å². The molecule has 0 unspecified atom stereocenters. The Hall–Kier alpha value is -4.02. The van der Waals surface area contributed by atoms with Crippen LogP contribution in [-0.2, 0) is 23.0 Å². The normalized spacial score (nSPS) is 13.0. The Labute approximate surface area is 220 Å². The minimum Gasteiger partial charge on any atom is -0.493 e. The first-order chi connectivity index (χ1) is 18.4. The van der Waals surface area contributed by atoms with Gasteiger partial charge in [0.2, 0.25) is 10.0 Å². The van der Waals surface area contributed by atoms with Crippen LogP contribution >= 0.6 is 0 Å². The van der Waals surface area contributed by atoms with Crippen molar-refractivity contribution < 1.29 is 27.4 Å². The zero-order valence-corrected chi connectivity index (χ0v) is 21.9. The highest BCUT2D eigenvalue weighted by molar-refractivity contribution is 7.89. The van der Waals surface area contributed by atoms with Gasteiger partial charge in [-0.25, -0.2) is 8.42 Å². The Balaban J connectivity index is 1.53. The SMILES string of the molecule is COc1cc2cc(CN(CCc3ccccc3)S(=O)(=O)c3ccc4c(c3)OCCO4)c(=O)[nH]c2cc1OC. The second-order valence-corrected chi connectivity index (χ2v) is 10.7. The van der Waals surface area contributed by atoms with E-state index in [1.807, 2.05) is 30.3 Å². The summed E-state index contributed by atoms with van der Waals surface area (Å²) in [5.74, 6) is 1.86. The van der Waals surface area contributed by atoms with Gasteiger partial charge >= 0.3 is 0 Å². The molecule has 3 aromatic carbocycles. The molecule has 38 heavy (non-hydrogen) atoms. The van der Waals surface area contributed by atoms with Gasteiger partial charge in [-0.1, -0.05) is 30.3 Å². The molecule has 1 aliphatic rings.